The normalized spacial score (nSPS) is 11.5. The number of hydrogen-bond acceptors (Lipinski definition) is 10. The molecule has 0 aliphatic carbocycles. The van der Waals surface area contributed by atoms with E-state index in [0.29, 0.717) is 24.3 Å². The second-order valence-electron chi connectivity index (χ2n) is 7.51. The van der Waals surface area contributed by atoms with E-state index in [1.807, 2.05) is 4.90 Å². The van der Waals surface area contributed by atoms with Crippen LogP contribution in [0.3, 0.4) is 0 Å². The van der Waals surface area contributed by atoms with E-state index < -0.39 is 23.9 Å². The molecule has 35 heavy (non-hydrogen) atoms. The molecule has 2 aromatic heterocycles. The number of anilines is 3. The van der Waals surface area contributed by atoms with Gasteiger partial charge in [-0.3, -0.25) is 9.59 Å². The van der Waals surface area contributed by atoms with Crippen molar-refractivity contribution in [1.82, 2.24) is 25.3 Å². The summed E-state index contributed by atoms with van der Waals surface area (Å²) < 4.78 is 0. The van der Waals surface area contributed by atoms with E-state index in [4.69, 9.17) is 16.6 Å². The van der Waals surface area contributed by atoms with Crippen LogP contribution >= 0.6 is 0 Å². The Bertz CT molecular complexity index is 1260. The fraction of sp³-hybridized carbons (Fsp3) is 0.227. The fourth-order valence-electron chi connectivity index (χ4n) is 3.26. The highest BCUT2D eigenvalue weighted by Gasteiger charge is 2.22. The molecule has 0 aliphatic heterocycles. The molecule has 13 nitrogen and oxygen atoms in total. The number of carbonyl (C=O) groups is 3. The van der Waals surface area contributed by atoms with Gasteiger partial charge in [0.1, 0.15) is 6.04 Å². The molecular weight excluding hydrogens is 456 g/mol. The number of carbonyl (C=O) groups excluding carboxylic acids is 1. The number of nitrogen functional groups attached to an aromatic ring is 2. The lowest BCUT2D eigenvalue weighted by molar-refractivity contribution is -0.140. The molecule has 0 saturated carbocycles. The third-order valence-electron chi connectivity index (χ3n) is 4.95. The Labute approximate surface area is 199 Å². The summed E-state index contributed by atoms with van der Waals surface area (Å²) in [6.45, 7) is 4.56. The van der Waals surface area contributed by atoms with E-state index in [-0.39, 0.29) is 35.8 Å². The zero-order valence-electron chi connectivity index (χ0n) is 18.6. The highest BCUT2D eigenvalue weighted by molar-refractivity contribution is 5.97. The van der Waals surface area contributed by atoms with Gasteiger partial charge in [-0.15, -0.1) is 6.58 Å². The quantitative estimate of drug-likeness (QED) is 0.241. The van der Waals surface area contributed by atoms with Gasteiger partial charge in [-0.1, -0.05) is 6.08 Å². The number of fused-ring (bicyclic) bond motifs is 1. The van der Waals surface area contributed by atoms with Crippen LogP contribution in [0, 0.1) is 0 Å². The van der Waals surface area contributed by atoms with E-state index >= 15 is 0 Å². The fourth-order valence-corrected chi connectivity index (χ4v) is 3.26. The summed E-state index contributed by atoms with van der Waals surface area (Å²) in [5.74, 6) is -2.95. The van der Waals surface area contributed by atoms with Gasteiger partial charge in [-0.25, -0.2) is 14.8 Å². The van der Waals surface area contributed by atoms with Gasteiger partial charge in [0.15, 0.2) is 17.0 Å². The highest BCUT2D eigenvalue weighted by Crippen LogP contribution is 2.20. The second kappa shape index (κ2) is 10.9. The third kappa shape index (κ3) is 6.37. The van der Waals surface area contributed by atoms with Crippen LogP contribution in [-0.4, -0.2) is 60.6 Å². The van der Waals surface area contributed by atoms with Gasteiger partial charge in [0, 0.05) is 24.2 Å². The zero-order chi connectivity index (χ0) is 25.5. The van der Waals surface area contributed by atoms with Gasteiger partial charge < -0.3 is 31.9 Å². The molecule has 3 rings (SSSR count). The Kier molecular flexibility index (Phi) is 7.71. The Hall–Kier alpha value is -4.81. The van der Waals surface area contributed by atoms with Crippen molar-refractivity contribution in [2.45, 2.75) is 25.4 Å². The maximum absolute atomic E-state index is 12.5. The first-order chi connectivity index (χ1) is 16.7. The summed E-state index contributed by atoms with van der Waals surface area (Å²) in [6.07, 6.45) is 2.65. The monoisotopic (exact) mass is 480 g/mol. The van der Waals surface area contributed by atoms with Crippen molar-refractivity contribution < 1.29 is 24.6 Å². The summed E-state index contributed by atoms with van der Waals surface area (Å²) in [6, 6.07) is 5.15. The van der Waals surface area contributed by atoms with Gasteiger partial charge in [-0.05, 0) is 30.7 Å². The summed E-state index contributed by atoms with van der Waals surface area (Å²) in [4.78, 5) is 53.1. The first-order valence-electron chi connectivity index (χ1n) is 10.4. The van der Waals surface area contributed by atoms with Gasteiger partial charge in [-0.2, -0.15) is 9.97 Å². The molecule has 0 saturated heterocycles. The number of nitrogens with one attached hydrogen (secondary N) is 1. The van der Waals surface area contributed by atoms with Crippen LogP contribution < -0.4 is 21.7 Å². The van der Waals surface area contributed by atoms with E-state index in [1.165, 1.54) is 12.1 Å². The standard InChI is InChI=1S/C22H24N8O5/c1-2-9-30(11-13-10-25-19-17(26-13)18(23)28-22(24)29-19)14-5-3-12(4-6-14)20(33)27-15(21(34)35)7-8-16(31)32/h2-6,10,15H,1,7-9,11H2,(H,27,33)(H,31,32)(H,34,35)(H4,23,24,25,28,29)/t15-/m1/s1. The molecule has 1 atom stereocenters. The molecule has 0 bridgehead atoms. The van der Waals surface area contributed by atoms with Crippen molar-refractivity contribution >= 4 is 46.5 Å². The van der Waals surface area contributed by atoms with Crippen molar-refractivity contribution in [3.8, 4) is 0 Å². The van der Waals surface area contributed by atoms with Crippen LogP contribution in [-0.2, 0) is 16.1 Å². The Morgan fingerprint density at radius 3 is 2.46 bits per heavy atom. The van der Waals surface area contributed by atoms with E-state index in [0.717, 1.165) is 5.69 Å². The first-order valence-corrected chi connectivity index (χ1v) is 10.4. The lowest BCUT2D eigenvalue weighted by atomic mass is 10.1. The predicted octanol–water partition coefficient (Wildman–Crippen LogP) is 0.825. The maximum Gasteiger partial charge on any atom is 0.326 e. The minimum Gasteiger partial charge on any atom is -0.481 e. The van der Waals surface area contributed by atoms with Gasteiger partial charge in [0.25, 0.3) is 5.91 Å². The molecule has 0 radical (unpaired) electrons. The predicted molar refractivity (Wildman–Crippen MR) is 127 cm³/mol. The van der Waals surface area contributed by atoms with Crippen LogP contribution in [0.2, 0.25) is 0 Å². The van der Waals surface area contributed by atoms with Crippen LogP contribution in [0.4, 0.5) is 17.5 Å². The number of benzene rings is 1. The van der Waals surface area contributed by atoms with Crippen molar-refractivity contribution in [3.63, 3.8) is 0 Å². The number of rotatable bonds is 11. The molecule has 2 heterocycles. The molecule has 7 N–H and O–H groups in total. The van der Waals surface area contributed by atoms with Gasteiger partial charge in [0.2, 0.25) is 5.95 Å². The molecule has 182 valence electrons. The van der Waals surface area contributed by atoms with Crippen LogP contribution in [0.1, 0.15) is 28.9 Å². The maximum atomic E-state index is 12.5. The molecule has 0 spiro atoms. The molecule has 3 aromatic rings. The first kappa shape index (κ1) is 24.8. The van der Waals surface area contributed by atoms with Crippen molar-refractivity contribution in [2.75, 3.05) is 22.9 Å². The van der Waals surface area contributed by atoms with Crippen LogP contribution in [0.25, 0.3) is 11.2 Å². The second-order valence-corrected chi connectivity index (χ2v) is 7.51. The lowest BCUT2D eigenvalue weighted by Crippen LogP contribution is -2.41. The number of carboxylic acids is 2. The summed E-state index contributed by atoms with van der Waals surface area (Å²) in [5.41, 5.74) is 13.7. The molecule has 0 unspecified atom stereocenters. The molecular formula is C22H24N8O5. The molecule has 0 aliphatic rings. The summed E-state index contributed by atoms with van der Waals surface area (Å²) in [5, 5.41) is 20.3. The molecule has 1 aromatic carbocycles. The number of nitrogens with two attached hydrogens (primary N) is 2. The van der Waals surface area contributed by atoms with Crippen molar-refractivity contribution in [3.05, 3.63) is 54.4 Å². The van der Waals surface area contributed by atoms with E-state index in [9.17, 15) is 19.5 Å². The van der Waals surface area contributed by atoms with E-state index in [2.05, 4.69) is 31.8 Å². The van der Waals surface area contributed by atoms with Gasteiger partial charge >= 0.3 is 11.9 Å². The SMILES string of the molecule is C=CCN(Cc1cnc2nc(N)nc(N)c2n1)c1ccc(C(=O)N[C@H](CCC(=O)O)C(=O)O)cc1. The number of aliphatic carboxylic acids is 2. The Morgan fingerprint density at radius 1 is 1.11 bits per heavy atom. The molecule has 0 fully saturated rings. The average Bonchev–Trinajstić information content (AvgIpc) is 2.81. The Balaban J connectivity index is 1.75. The number of carboxylic acid groups (broad SMARTS) is 2. The number of nitrogens with zero attached hydrogens (tertiary/aromatic N) is 5. The number of amides is 1. The molecule has 1 amide bonds. The third-order valence-corrected chi connectivity index (χ3v) is 4.95. The average molecular weight is 480 g/mol. The minimum absolute atomic E-state index is 0.00558. The number of hydrogen-bond donors (Lipinski definition) is 5. The summed E-state index contributed by atoms with van der Waals surface area (Å²) >= 11 is 0. The van der Waals surface area contributed by atoms with Crippen molar-refractivity contribution in [2.24, 2.45) is 0 Å². The smallest absolute Gasteiger partial charge is 0.326 e. The van der Waals surface area contributed by atoms with E-state index in [1.54, 1.807) is 24.4 Å². The van der Waals surface area contributed by atoms with Crippen LogP contribution in [0.5, 0.6) is 0 Å². The lowest BCUT2D eigenvalue weighted by Gasteiger charge is -2.23. The topological polar surface area (TPSA) is 211 Å². The van der Waals surface area contributed by atoms with Gasteiger partial charge in [0.05, 0.1) is 18.4 Å². The zero-order valence-corrected chi connectivity index (χ0v) is 18.6. The Morgan fingerprint density at radius 2 is 1.83 bits per heavy atom. The van der Waals surface area contributed by atoms with Crippen LogP contribution in [0.15, 0.2) is 43.1 Å². The van der Waals surface area contributed by atoms with Crippen molar-refractivity contribution in [1.29, 1.82) is 0 Å². The number of aromatic nitrogens is 4. The molecule has 13 heteroatoms. The highest BCUT2D eigenvalue weighted by atomic mass is 16.4. The summed E-state index contributed by atoms with van der Waals surface area (Å²) in [7, 11) is 0. The minimum atomic E-state index is -1.31. The largest absolute Gasteiger partial charge is 0.481 e.